The second kappa shape index (κ2) is 4.90. The van der Waals surface area contributed by atoms with Crippen LogP contribution in [0.25, 0.3) is 0 Å². The number of nitrogens with two attached hydrogens (primary N) is 1. The summed E-state index contributed by atoms with van der Waals surface area (Å²) < 4.78 is 4.89. The lowest BCUT2D eigenvalue weighted by Crippen LogP contribution is -2.48. The van der Waals surface area contributed by atoms with Crippen LogP contribution in [0.15, 0.2) is 30.3 Å². The molecule has 2 N–H and O–H groups in total. The molecule has 0 fully saturated rings. The maximum Gasteiger partial charge on any atom is 0.307 e. The first-order valence-corrected chi connectivity index (χ1v) is 5.08. The molecule has 4 heteroatoms. The van der Waals surface area contributed by atoms with Crippen molar-refractivity contribution < 1.29 is 14.3 Å². The number of carbonyl (C=O) groups excluding carboxylic acids is 2. The van der Waals surface area contributed by atoms with Gasteiger partial charge in [-0.3, -0.25) is 15.3 Å². The quantitative estimate of drug-likeness (QED) is 0.475. The molecule has 0 radical (unpaired) electrons. The smallest absolute Gasteiger partial charge is 0.307 e. The van der Waals surface area contributed by atoms with Gasteiger partial charge in [0.05, 0.1) is 0 Å². The summed E-state index contributed by atoms with van der Waals surface area (Å²) in [6, 6.07) is 8.51. The van der Waals surface area contributed by atoms with E-state index in [2.05, 4.69) is 0 Å². The highest BCUT2D eigenvalue weighted by atomic mass is 16.6. The molecule has 0 saturated heterocycles. The van der Waals surface area contributed by atoms with E-state index in [1.165, 1.54) is 6.92 Å². The van der Waals surface area contributed by atoms with Crippen molar-refractivity contribution in [3.8, 4) is 0 Å². The van der Waals surface area contributed by atoms with Crippen LogP contribution in [0.5, 0.6) is 0 Å². The number of carbonyl (C=O) groups is 2. The van der Waals surface area contributed by atoms with Crippen molar-refractivity contribution in [1.29, 1.82) is 0 Å². The third-order valence-electron chi connectivity index (χ3n) is 2.10. The molecule has 0 aliphatic carbocycles. The number of hydrogen-bond donors (Lipinski definition) is 1. The van der Waals surface area contributed by atoms with Crippen LogP contribution in [0.2, 0.25) is 0 Å². The van der Waals surface area contributed by atoms with Gasteiger partial charge >= 0.3 is 5.97 Å². The van der Waals surface area contributed by atoms with Crippen molar-refractivity contribution >= 4 is 11.8 Å². The molecule has 86 valence electrons. The van der Waals surface area contributed by atoms with E-state index in [9.17, 15) is 9.59 Å². The molecular weight excluding hydrogens is 206 g/mol. The number of benzene rings is 1. The fourth-order valence-electron chi connectivity index (χ4n) is 1.23. The van der Waals surface area contributed by atoms with Crippen molar-refractivity contribution in [2.24, 2.45) is 5.73 Å². The average molecular weight is 221 g/mol. The first kappa shape index (κ1) is 12.4. The lowest BCUT2D eigenvalue weighted by atomic mass is 10.0. The molecule has 1 rings (SSSR count). The summed E-state index contributed by atoms with van der Waals surface area (Å²) in [5, 5.41) is 0. The third kappa shape index (κ3) is 2.90. The van der Waals surface area contributed by atoms with E-state index in [1.54, 1.807) is 37.3 Å². The molecule has 1 aromatic rings. The topological polar surface area (TPSA) is 69.4 Å². The van der Waals surface area contributed by atoms with Crippen LogP contribution < -0.4 is 5.73 Å². The van der Waals surface area contributed by atoms with Gasteiger partial charge in [-0.1, -0.05) is 37.3 Å². The number of ether oxygens (including phenoxy) is 1. The van der Waals surface area contributed by atoms with Gasteiger partial charge in [0.1, 0.15) is 0 Å². The molecule has 0 heterocycles. The minimum absolute atomic E-state index is 0.189. The molecule has 0 bridgehead atoms. The summed E-state index contributed by atoms with van der Waals surface area (Å²) in [5.74, 6) is -0.899. The Balaban J connectivity index is 2.84. The van der Waals surface area contributed by atoms with Crippen LogP contribution in [0.3, 0.4) is 0 Å². The predicted molar refractivity (Wildman–Crippen MR) is 59.7 cm³/mol. The number of rotatable bonds is 4. The minimum Gasteiger partial charge on any atom is -0.436 e. The van der Waals surface area contributed by atoms with E-state index < -0.39 is 17.5 Å². The Kier molecular flexibility index (Phi) is 3.79. The highest BCUT2D eigenvalue weighted by Gasteiger charge is 2.32. The van der Waals surface area contributed by atoms with Crippen molar-refractivity contribution in [3.05, 3.63) is 35.9 Å². The molecule has 4 nitrogen and oxygen atoms in total. The molecular formula is C12H15NO3. The SMILES string of the molecule is CCC(=O)OC(C)(N)C(=O)c1ccccc1. The number of esters is 1. The Morgan fingerprint density at radius 1 is 1.31 bits per heavy atom. The van der Waals surface area contributed by atoms with Crippen molar-refractivity contribution in [1.82, 2.24) is 0 Å². The molecule has 1 unspecified atom stereocenters. The zero-order valence-electron chi connectivity index (χ0n) is 9.40. The normalized spacial score (nSPS) is 13.9. The van der Waals surface area contributed by atoms with Crippen LogP contribution in [-0.2, 0) is 9.53 Å². The Morgan fingerprint density at radius 2 is 1.88 bits per heavy atom. The molecule has 0 spiro atoms. The van der Waals surface area contributed by atoms with Gasteiger partial charge in [0.15, 0.2) is 0 Å². The lowest BCUT2D eigenvalue weighted by Gasteiger charge is -2.23. The molecule has 1 aromatic carbocycles. The summed E-state index contributed by atoms with van der Waals surface area (Å²) in [4.78, 5) is 23.0. The summed E-state index contributed by atoms with van der Waals surface area (Å²) in [6.07, 6.45) is 0.189. The number of Topliss-reactive ketones (excluding diaryl/α,β-unsaturated/α-hetero) is 1. The fraction of sp³-hybridized carbons (Fsp3) is 0.333. The van der Waals surface area contributed by atoms with E-state index in [4.69, 9.17) is 10.5 Å². The maximum atomic E-state index is 11.9. The van der Waals surface area contributed by atoms with Gasteiger partial charge in [-0.25, -0.2) is 0 Å². The predicted octanol–water partition coefficient (Wildman–Crippen LogP) is 1.50. The van der Waals surface area contributed by atoms with Gasteiger partial charge in [0, 0.05) is 12.0 Å². The van der Waals surface area contributed by atoms with E-state index in [0.717, 1.165) is 0 Å². The summed E-state index contributed by atoms with van der Waals surface area (Å²) in [7, 11) is 0. The largest absolute Gasteiger partial charge is 0.436 e. The monoisotopic (exact) mass is 221 g/mol. The summed E-state index contributed by atoms with van der Waals surface area (Å²) in [6.45, 7) is 3.03. The van der Waals surface area contributed by atoms with Gasteiger partial charge < -0.3 is 4.74 Å². The van der Waals surface area contributed by atoms with Crippen LogP contribution in [-0.4, -0.2) is 17.5 Å². The minimum atomic E-state index is -1.60. The molecule has 0 aliphatic heterocycles. The van der Waals surface area contributed by atoms with Crippen molar-refractivity contribution in [2.45, 2.75) is 26.0 Å². The Hall–Kier alpha value is -1.68. The molecule has 0 aliphatic rings. The first-order chi connectivity index (χ1) is 7.47. The second-order valence-corrected chi connectivity index (χ2v) is 3.63. The van der Waals surface area contributed by atoms with E-state index in [0.29, 0.717) is 5.56 Å². The van der Waals surface area contributed by atoms with Gasteiger partial charge in [-0.15, -0.1) is 0 Å². The Labute approximate surface area is 94.4 Å². The Morgan fingerprint density at radius 3 is 2.38 bits per heavy atom. The van der Waals surface area contributed by atoms with E-state index in [1.807, 2.05) is 0 Å². The van der Waals surface area contributed by atoms with Crippen LogP contribution in [0.4, 0.5) is 0 Å². The highest BCUT2D eigenvalue weighted by molar-refractivity contribution is 6.02. The first-order valence-electron chi connectivity index (χ1n) is 5.08. The molecule has 16 heavy (non-hydrogen) atoms. The average Bonchev–Trinajstić information content (AvgIpc) is 2.28. The zero-order chi connectivity index (χ0) is 12.2. The van der Waals surface area contributed by atoms with Gasteiger partial charge in [0.2, 0.25) is 11.5 Å². The van der Waals surface area contributed by atoms with Crippen molar-refractivity contribution in [3.63, 3.8) is 0 Å². The Bertz CT molecular complexity index is 385. The number of hydrogen-bond acceptors (Lipinski definition) is 4. The molecule has 0 aromatic heterocycles. The second-order valence-electron chi connectivity index (χ2n) is 3.63. The van der Waals surface area contributed by atoms with Gasteiger partial charge in [-0.2, -0.15) is 0 Å². The van der Waals surface area contributed by atoms with Crippen LogP contribution >= 0.6 is 0 Å². The lowest BCUT2D eigenvalue weighted by molar-refractivity contribution is -0.153. The van der Waals surface area contributed by atoms with Gasteiger partial charge in [-0.05, 0) is 6.92 Å². The summed E-state index contributed by atoms with van der Waals surface area (Å²) in [5.41, 5.74) is 4.50. The van der Waals surface area contributed by atoms with Gasteiger partial charge in [0.25, 0.3) is 0 Å². The third-order valence-corrected chi connectivity index (χ3v) is 2.10. The standard InChI is InChI=1S/C12H15NO3/c1-3-10(14)16-12(2,13)11(15)9-7-5-4-6-8-9/h4-8H,3,13H2,1-2H3. The zero-order valence-corrected chi connectivity index (χ0v) is 9.40. The van der Waals surface area contributed by atoms with Crippen molar-refractivity contribution in [2.75, 3.05) is 0 Å². The van der Waals surface area contributed by atoms with E-state index in [-0.39, 0.29) is 6.42 Å². The molecule has 0 saturated carbocycles. The van der Waals surface area contributed by atoms with Crippen LogP contribution in [0.1, 0.15) is 30.6 Å². The highest BCUT2D eigenvalue weighted by Crippen LogP contribution is 2.13. The summed E-state index contributed by atoms with van der Waals surface area (Å²) >= 11 is 0. The van der Waals surface area contributed by atoms with Crippen LogP contribution in [0, 0.1) is 0 Å². The molecule has 0 amide bonds. The van der Waals surface area contributed by atoms with E-state index >= 15 is 0 Å². The number of ketones is 1. The fourth-order valence-corrected chi connectivity index (χ4v) is 1.23. The molecule has 1 atom stereocenters. The maximum absolute atomic E-state index is 11.9.